The lowest BCUT2D eigenvalue weighted by molar-refractivity contribution is -0.128. The molecular weight excluding hydrogens is 410 g/mol. The Bertz CT molecular complexity index is 1240. The van der Waals surface area contributed by atoms with Crippen molar-refractivity contribution < 1.29 is 14.3 Å². The Kier molecular flexibility index (Phi) is 5.66. The molecule has 3 aromatic carbocycles. The van der Waals surface area contributed by atoms with E-state index in [2.05, 4.69) is 12.1 Å². The fourth-order valence-electron chi connectivity index (χ4n) is 4.41. The van der Waals surface area contributed by atoms with Gasteiger partial charge in [0.1, 0.15) is 5.76 Å². The molecule has 0 bridgehead atoms. The maximum absolute atomic E-state index is 13.3. The lowest BCUT2D eigenvalue weighted by Gasteiger charge is -2.23. The van der Waals surface area contributed by atoms with Crippen molar-refractivity contribution in [1.29, 1.82) is 0 Å². The molecule has 1 atom stereocenters. The molecule has 0 saturated carbocycles. The van der Waals surface area contributed by atoms with Crippen molar-refractivity contribution in [3.8, 4) is 0 Å². The number of hydrogen-bond acceptors (Lipinski definition) is 3. The van der Waals surface area contributed by atoms with Gasteiger partial charge < -0.3 is 9.64 Å². The van der Waals surface area contributed by atoms with Crippen molar-refractivity contribution >= 4 is 11.7 Å². The molecule has 0 radical (unpaired) electrons. The first-order valence-electron chi connectivity index (χ1n) is 11.2. The Morgan fingerprint density at radius 3 is 2.30 bits per heavy atom. The molecule has 0 aliphatic carbocycles. The highest BCUT2D eigenvalue weighted by molar-refractivity contribution is 5.98. The van der Waals surface area contributed by atoms with E-state index in [4.69, 9.17) is 4.74 Å². The molecule has 2 aliphatic rings. The molecule has 0 fully saturated rings. The predicted molar refractivity (Wildman–Crippen MR) is 127 cm³/mol. The van der Waals surface area contributed by atoms with Crippen LogP contribution >= 0.6 is 0 Å². The van der Waals surface area contributed by atoms with E-state index in [1.54, 1.807) is 0 Å². The van der Waals surface area contributed by atoms with Gasteiger partial charge in [-0.1, -0.05) is 90.5 Å². The lowest BCUT2D eigenvalue weighted by Crippen LogP contribution is -2.27. The maximum atomic E-state index is 13.3. The van der Waals surface area contributed by atoms with Crippen molar-refractivity contribution in [2.45, 2.75) is 25.8 Å². The second-order valence-corrected chi connectivity index (χ2v) is 8.59. The second-order valence-electron chi connectivity index (χ2n) is 8.59. The quantitative estimate of drug-likeness (QED) is 0.476. The van der Waals surface area contributed by atoms with Crippen molar-refractivity contribution in [3.05, 3.63) is 130 Å². The molecule has 0 aromatic heterocycles. The number of hydrogen-bond donors (Lipinski definition) is 0. The van der Waals surface area contributed by atoms with Crippen LogP contribution in [0, 0.1) is 6.92 Å². The van der Waals surface area contributed by atoms with Gasteiger partial charge in [0.2, 0.25) is 0 Å². The molecule has 5 rings (SSSR count). The smallest absolute Gasteiger partial charge is 0.290 e. The molecule has 33 heavy (non-hydrogen) atoms. The largest absolute Gasteiger partial charge is 0.456 e. The number of Topliss-reactive ketones (excluding diaryl/α,β-unsaturated/α-hetero) is 1. The van der Waals surface area contributed by atoms with Gasteiger partial charge in [0.15, 0.2) is 11.5 Å². The Labute approximate surface area is 193 Å². The van der Waals surface area contributed by atoms with E-state index >= 15 is 0 Å². The summed E-state index contributed by atoms with van der Waals surface area (Å²) in [6, 6.07) is 27.6. The highest BCUT2D eigenvalue weighted by atomic mass is 16.5. The minimum atomic E-state index is -0.122. The van der Waals surface area contributed by atoms with Gasteiger partial charge in [-0.25, -0.2) is 0 Å². The molecule has 4 heteroatoms. The number of nitrogens with zero attached hydrogens (tertiary/aromatic N) is 1. The number of ketones is 1. The Balaban J connectivity index is 1.42. The zero-order valence-corrected chi connectivity index (χ0v) is 18.5. The zero-order valence-electron chi connectivity index (χ0n) is 18.5. The summed E-state index contributed by atoms with van der Waals surface area (Å²) < 4.78 is 6.09. The number of carbonyl (C=O) groups is 2. The van der Waals surface area contributed by atoms with Gasteiger partial charge in [-0.3, -0.25) is 9.59 Å². The van der Waals surface area contributed by atoms with E-state index in [0.717, 1.165) is 22.3 Å². The second kappa shape index (κ2) is 8.91. The third-order valence-electron chi connectivity index (χ3n) is 6.18. The van der Waals surface area contributed by atoms with Crippen LogP contribution in [0.4, 0.5) is 0 Å². The van der Waals surface area contributed by atoms with E-state index in [1.807, 2.05) is 90.7 Å². The molecule has 3 aromatic rings. The van der Waals surface area contributed by atoms with Crippen molar-refractivity contribution in [2.24, 2.45) is 0 Å². The van der Waals surface area contributed by atoms with Crippen LogP contribution in [0.1, 0.15) is 39.4 Å². The van der Waals surface area contributed by atoms with E-state index in [-0.39, 0.29) is 24.0 Å². The number of allylic oxidation sites excluding steroid dienone is 2. The minimum absolute atomic E-state index is 0.0244. The van der Waals surface area contributed by atoms with E-state index in [1.165, 1.54) is 0 Å². The summed E-state index contributed by atoms with van der Waals surface area (Å²) in [5, 5.41) is 0. The molecule has 0 spiro atoms. The van der Waals surface area contributed by atoms with E-state index in [9.17, 15) is 9.59 Å². The number of carbonyl (C=O) groups excluding carboxylic acids is 2. The van der Waals surface area contributed by atoms with Crippen LogP contribution in [-0.2, 0) is 16.1 Å². The fourth-order valence-corrected chi connectivity index (χ4v) is 4.41. The summed E-state index contributed by atoms with van der Waals surface area (Å²) in [4.78, 5) is 28.0. The molecule has 2 heterocycles. The number of aryl methyl sites for hydroxylation is 1. The van der Waals surface area contributed by atoms with Crippen LogP contribution < -0.4 is 0 Å². The average molecular weight is 436 g/mol. The first-order chi connectivity index (χ1) is 16.1. The fraction of sp³-hybridized carbons (Fsp3) is 0.172. The third kappa shape index (κ3) is 4.37. The van der Waals surface area contributed by atoms with Crippen LogP contribution in [0.5, 0.6) is 0 Å². The lowest BCUT2D eigenvalue weighted by atomic mass is 9.88. The summed E-state index contributed by atoms with van der Waals surface area (Å²) in [5.41, 5.74) is 4.86. The van der Waals surface area contributed by atoms with Crippen molar-refractivity contribution in [2.75, 3.05) is 6.54 Å². The van der Waals surface area contributed by atoms with Gasteiger partial charge in [0.05, 0.1) is 6.42 Å². The van der Waals surface area contributed by atoms with Crippen LogP contribution in [0.25, 0.3) is 0 Å². The average Bonchev–Trinajstić information content (AvgIpc) is 3.15. The molecule has 2 aliphatic heterocycles. The summed E-state index contributed by atoms with van der Waals surface area (Å²) in [6.07, 6.45) is 2.12. The van der Waals surface area contributed by atoms with Crippen molar-refractivity contribution in [3.63, 3.8) is 0 Å². The van der Waals surface area contributed by atoms with Gasteiger partial charge in [0, 0.05) is 30.1 Å². The number of ether oxygens (including phenoxy) is 1. The van der Waals surface area contributed by atoms with Gasteiger partial charge in [-0.2, -0.15) is 0 Å². The molecular formula is C29H25NO3. The monoisotopic (exact) mass is 435 g/mol. The van der Waals surface area contributed by atoms with E-state index < -0.39 is 0 Å². The Morgan fingerprint density at radius 1 is 0.939 bits per heavy atom. The number of benzene rings is 3. The highest BCUT2D eigenvalue weighted by Gasteiger charge is 2.39. The van der Waals surface area contributed by atoms with Gasteiger partial charge in [-0.05, 0) is 24.1 Å². The Morgan fingerprint density at radius 2 is 1.61 bits per heavy atom. The molecule has 0 unspecified atom stereocenters. The topological polar surface area (TPSA) is 46.6 Å². The molecule has 4 nitrogen and oxygen atoms in total. The Hall–Kier alpha value is -3.92. The van der Waals surface area contributed by atoms with E-state index in [0.29, 0.717) is 30.2 Å². The number of rotatable bonds is 6. The van der Waals surface area contributed by atoms with Crippen LogP contribution in [0.2, 0.25) is 0 Å². The highest BCUT2D eigenvalue weighted by Crippen LogP contribution is 2.40. The summed E-state index contributed by atoms with van der Waals surface area (Å²) in [5.74, 6) is 0.657. The van der Waals surface area contributed by atoms with Crippen LogP contribution in [-0.4, -0.2) is 23.1 Å². The van der Waals surface area contributed by atoms with Gasteiger partial charge in [-0.15, -0.1) is 0 Å². The zero-order chi connectivity index (χ0) is 22.8. The summed E-state index contributed by atoms with van der Waals surface area (Å²) >= 11 is 0. The van der Waals surface area contributed by atoms with Gasteiger partial charge >= 0.3 is 0 Å². The van der Waals surface area contributed by atoms with Crippen molar-refractivity contribution in [1.82, 2.24) is 4.90 Å². The minimum Gasteiger partial charge on any atom is -0.456 e. The third-order valence-corrected chi connectivity index (χ3v) is 6.18. The maximum Gasteiger partial charge on any atom is 0.290 e. The molecule has 0 saturated heterocycles. The molecule has 164 valence electrons. The summed E-state index contributed by atoms with van der Waals surface area (Å²) in [6.45, 7) is 3.03. The SMILES string of the molecule is Cc1ccc(C(=O)CC2=C[C@H](c3ccccc3)C3=C(O2)C(=O)N(Cc2ccccc2)C3)cc1. The first-order valence-corrected chi connectivity index (χ1v) is 11.2. The van der Waals surface area contributed by atoms with Crippen LogP contribution in [0.3, 0.4) is 0 Å². The van der Waals surface area contributed by atoms with Crippen LogP contribution in [0.15, 0.2) is 108 Å². The molecule has 0 N–H and O–H groups in total. The first kappa shape index (κ1) is 21.0. The van der Waals surface area contributed by atoms with Gasteiger partial charge in [0.25, 0.3) is 5.91 Å². The number of amides is 1. The predicted octanol–water partition coefficient (Wildman–Crippen LogP) is 5.56. The standard InChI is InChI=1S/C29H25NO3/c1-20-12-14-23(15-13-20)27(31)17-24-16-25(22-10-6-3-7-11-22)26-19-30(29(32)28(26)33-24)18-21-8-4-2-5-9-21/h2-16,25H,17-19H2,1H3/t25-/m1/s1. The normalized spacial score (nSPS) is 17.5. The summed E-state index contributed by atoms with van der Waals surface area (Å²) in [7, 11) is 0. The molecule has 1 amide bonds.